The Morgan fingerprint density at radius 2 is 2.03 bits per heavy atom. The molecule has 2 amide bonds. The number of rotatable bonds is 8. The Morgan fingerprint density at radius 3 is 2.67 bits per heavy atom. The summed E-state index contributed by atoms with van der Waals surface area (Å²) in [5, 5.41) is 25.9. The average Bonchev–Trinajstić information content (AvgIpc) is 3.57. The molecule has 3 heterocycles. The summed E-state index contributed by atoms with van der Waals surface area (Å²) in [7, 11) is 1.65. The predicted octanol–water partition coefficient (Wildman–Crippen LogP) is 4.33. The molecule has 13 heteroatoms. The smallest absolute Gasteiger partial charge is 0.408 e. The minimum absolute atomic E-state index is 0.0805. The second-order valence-electron chi connectivity index (χ2n) is 11.6. The molecule has 4 aliphatic carbocycles. The summed E-state index contributed by atoms with van der Waals surface area (Å²) in [6.07, 6.45) is 8.74. The highest BCUT2D eigenvalue weighted by Gasteiger charge is 2.61. The van der Waals surface area contributed by atoms with Gasteiger partial charge in [-0.25, -0.2) is 0 Å². The van der Waals surface area contributed by atoms with Crippen LogP contribution in [-0.2, 0) is 23.9 Å². The zero-order chi connectivity index (χ0) is 27.5. The van der Waals surface area contributed by atoms with Gasteiger partial charge in [0.05, 0.1) is 41.0 Å². The molecule has 7 rings (SSSR count). The van der Waals surface area contributed by atoms with E-state index in [0.717, 1.165) is 32.1 Å². The van der Waals surface area contributed by atoms with Gasteiger partial charge >= 0.3 is 5.82 Å². The van der Waals surface area contributed by atoms with E-state index in [0.29, 0.717) is 41.8 Å². The number of nitrogens with zero attached hydrogens (tertiary/aromatic N) is 5. The third-order valence-electron chi connectivity index (χ3n) is 8.77. The molecule has 3 aromatic heterocycles. The highest BCUT2D eigenvalue weighted by atomic mass is 35.5. The van der Waals surface area contributed by atoms with Crippen LogP contribution < -0.4 is 10.6 Å². The molecule has 0 spiro atoms. The first-order chi connectivity index (χ1) is 18.6. The third kappa shape index (κ3) is 4.40. The lowest BCUT2D eigenvalue weighted by Gasteiger charge is -2.61. The summed E-state index contributed by atoms with van der Waals surface area (Å²) in [6.45, 7) is 1.99. The summed E-state index contributed by atoms with van der Waals surface area (Å²) >= 11 is 6.32. The van der Waals surface area contributed by atoms with E-state index in [-0.39, 0.29) is 40.3 Å². The molecule has 3 aromatic rings. The van der Waals surface area contributed by atoms with Gasteiger partial charge in [-0.05, 0) is 79.8 Å². The summed E-state index contributed by atoms with van der Waals surface area (Å²) in [5.74, 6) is 0.588. The van der Waals surface area contributed by atoms with Crippen LogP contribution in [0.4, 0.5) is 11.5 Å². The molecular weight excluding hydrogens is 526 g/mol. The van der Waals surface area contributed by atoms with Crippen molar-refractivity contribution in [3.05, 3.63) is 56.9 Å². The maximum absolute atomic E-state index is 13.5. The van der Waals surface area contributed by atoms with Crippen molar-refractivity contribution in [1.82, 2.24) is 24.9 Å². The lowest BCUT2D eigenvalue weighted by Crippen LogP contribution is -2.57. The Hall–Kier alpha value is -3.67. The molecule has 2 unspecified atom stereocenters. The fourth-order valence-corrected chi connectivity index (χ4v) is 8.09. The number of carbonyl (C=O) groups excluding carboxylic acids is 2. The number of halogens is 1. The zero-order valence-electron chi connectivity index (χ0n) is 21.8. The molecule has 4 fully saturated rings. The zero-order valence-corrected chi connectivity index (χ0v) is 22.5. The van der Waals surface area contributed by atoms with Gasteiger partial charge in [0.2, 0.25) is 5.91 Å². The molecule has 4 aliphatic rings. The van der Waals surface area contributed by atoms with Gasteiger partial charge in [0, 0.05) is 13.5 Å². The molecule has 0 radical (unpaired) electrons. The van der Waals surface area contributed by atoms with Crippen molar-refractivity contribution in [2.45, 2.75) is 64.0 Å². The SMILES string of the molecule is Cc1c(Cl)c([N+](=O)[O-])nn1C12CC3CC(CC(CC(=O)Nc4cnn(C)c4C(=O)NCc4ccco4)(C3)C1)C2. The second-order valence-corrected chi connectivity index (χ2v) is 12.0. The molecule has 0 saturated heterocycles. The number of hydrogen-bond donors (Lipinski definition) is 2. The molecule has 0 aromatic carbocycles. The minimum atomic E-state index is -0.536. The maximum Gasteiger partial charge on any atom is 0.408 e. The molecule has 12 nitrogen and oxygen atoms in total. The molecule has 2 N–H and O–H groups in total. The van der Waals surface area contributed by atoms with Crippen LogP contribution in [0.1, 0.15) is 66.9 Å². The molecule has 0 aliphatic heterocycles. The van der Waals surface area contributed by atoms with Crippen LogP contribution in [0.2, 0.25) is 5.02 Å². The summed E-state index contributed by atoms with van der Waals surface area (Å²) in [4.78, 5) is 37.4. The van der Waals surface area contributed by atoms with Crippen molar-refractivity contribution in [3.63, 3.8) is 0 Å². The monoisotopic (exact) mass is 555 g/mol. The van der Waals surface area contributed by atoms with E-state index in [4.69, 9.17) is 16.0 Å². The van der Waals surface area contributed by atoms with Crippen LogP contribution in [0.25, 0.3) is 0 Å². The Labute approximate surface area is 229 Å². The first-order valence-corrected chi connectivity index (χ1v) is 13.5. The van der Waals surface area contributed by atoms with Gasteiger partial charge in [-0.15, -0.1) is 0 Å². The lowest BCUT2D eigenvalue weighted by molar-refractivity contribution is -0.389. The summed E-state index contributed by atoms with van der Waals surface area (Å²) in [5.41, 5.74) is 0.565. The molecule has 206 valence electrons. The first kappa shape index (κ1) is 25.6. The minimum Gasteiger partial charge on any atom is -0.467 e. The largest absolute Gasteiger partial charge is 0.467 e. The maximum atomic E-state index is 13.5. The topological polar surface area (TPSA) is 150 Å². The van der Waals surface area contributed by atoms with Gasteiger partial charge < -0.3 is 25.2 Å². The van der Waals surface area contributed by atoms with Gasteiger partial charge in [0.1, 0.15) is 11.5 Å². The average molecular weight is 556 g/mol. The number of nitro groups is 1. The van der Waals surface area contributed by atoms with Crippen molar-refractivity contribution < 1.29 is 18.9 Å². The predicted molar refractivity (Wildman–Crippen MR) is 140 cm³/mol. The highest BCUT2D eigenvalue weighted by molar-refractivity contribution is 6.33. The van der Waals surface area contributed by atoms with Gasteiger partial charge in [0.15, 0.2) is 5.02 Å². The van der Waals surface area contributed by atoms with Gasteiger partial charge in [-0.2, -0.15) is 9.78 Å². The molecule has 39 heavy (non-hydrogen) atoms. The number of aryl methyl sites for hydroxylation is 1. The summed E-state index contributed by atoms with van der Waals surface area (Å²) < 4.78 is 8.50. The van der Waals surface area contributed by atoms with E-state index in [9.17, 15) is 19.7 Å². The van der Waals surface area contributed by atoms with Gasteiger partial charge in [-0.1, -0.05) is 11.6 Å². The number of furan rings is 1. The third-order valence-corrected chi connectivity index (χ3v) is 9.21. The van der Waals surface area contributed by atoms with Crippen molar-refractivity contribution in [2.75, 3.05) is 5.32 Å². The van der Waals surface area contributed by atoms with E-state index in [1.54, 1.807) is 30.8 Å². The normalized spacial score (nSPS) is 27.1. The van der Waals surface area contributed by atoms with Crippen LogP contribution in [0.5, 0.6) is 0 Å². The van der Waals surface area contributed by atoms with Gasteiger partial charge in [0.25, 0.3) is 5.91 Å². The number of anilines is 1. The number of nitrogens with one attached hydrogen (secondary N) is 2. The number of aromatic nitrogens is 4. The molecule has 2 atom stereocenters. The standard InChI is InChI=1S/C26H30ClN7O5/c1-15-21(27)23(34(37)38)31-33(15)26-9-16-6-17(10-26)8-25(7-16,14-26)11-20(35)30-19-13-29-32(2)22(19)24(36)28-12-18-4-3-5-39-18/h3-5,13,16-17H,6-12,14H2,1-2H3,(H,28,36)(H,30,35). The fourth-order valence-electron chi connectivity index (χ4n) is 7.90. The molecule has 4 saturated carbocycles. The number of amides is 2. The van der Waals surface area contributed by atoms with E-state index in [2.05, 4.69) is 20.8 Å². The quantitative estimate of drug-likeness (QED) is 0.310. The van der Waals surface area contributed by atoms with Crippen molar-refractivity contribution in [1.29, 1.82) is 0 Å². The van der Waals surface area contributed by atoms with Crippen LogP contribution in [0.15, 0.2) is 29.0 Å². The summed E-state index contributed by atoms with van der Waals surface area (Å²) in [6, 6.07) is 3.51. The van der Waals surface area contributed by atoms with Crippen molar-refractivity contribution in [3.8, 4) is 0 Å². The van der Waals surface area contributed by atoms with E-state index in [1.807, 2.05) is 0 Å². The van der Waals surface area contributed by atoms with Crippen LogP contribution in [0.3, 0.4) is 0 Å². The molecular formula is C26H30ClN7O5. The Kier molecular flexibility index (Phi) is 6.05. The van der Waals surface area contributed by atoms with Crippen molar-refractivity contribution >= 4 is 34.9 Å². The van der Waals surface area contributed by atoms with Crippen LogP contribution in [-0.4, -0.2) is 36.3 Å². The van der Waals surface area contributed by atoms with Crippen molar-refractivity contribution in [2.24, 2.45) is 24.3 Å². The van der Waals surface area contributed by atoms with Gasteiger partial charge in [-0.3, -0.25) is 14.3 Å². The van der Waals surface area contributed by atoms with E-state index >= 15 is 0 Å². The number of carbonyl (C=O) groups is 2. The van der Waals surface area contributed by atoms with Crippen LogP contribution >= 0.6 is 11.6 Å². The Bertz CT molecular complexity index is 1450. The van der Waals surface area contributed by atoms with Crippen LogP contribution in [0, 0.1) is 34.3 Å². The highest BCUT2D eigenvalue weighted by Crippen LogP contribution is 2.65. The second kappa shape index (κ2) is 9.22. The Morgan fingerprint density at radius 1 is 1.28 bits per heavy atom. The van der Waals surface area contributed by atoms with E-state index < -0.39 is 10.5 Å². The van der Waals surface area contributed by atoms with E-state index in [1.165, 1.54) is 17.1 Å². The molecule has 4 bridgehead atoms. The first-order valence-electron chi connectivity index (χ1n) is 13.1. The fraction of sp³-hybridized carbons (Fsp3) is 0.538. The Balaban J connectivity index is 1.21. The number of hydrogen-bond acceptors (Lipinski definition) is 7. The lowest BCUT2D eigenvalue weighted by atomic mass is 9.46.